The molecule has 19 heavy (non-hydrogen) atoms. The number of rotatable bonds is 3. The van der Waals surface area contributed by atoms with E-state index in [4.69, 9.17) is 0 Å². The summed E-state index contributed by atoms with van der Waals surface area (Å²) in [5.74, 6) is -0.161. The molecule has 0 saturated heterocycles. The molecule has 2 aromatic rings. The predicted octanol–water partition coefficient (Wildman–Crippen LogP) is 2.02. The van der Waals surface area contributed by atoms with Crippen LogP contribution in [0.2, 0.25) is 0 Å². The normalized spacial score (nSPS) is 11.3. The zero-order valence-corrected chi connectivity index (χ0v) is 11.4. The summed E-state index contributed by atoms with van der Waals surface area (Å²) >= 11 is 0. The number of carbonyl (C=O) groups excluding carboxylic acids is 1. The van der Waals surface area contributed by atoms with Gasteiger partial charge in [0.1, 0.15) is 0 Å². The first-order valence-electron chi connectivity index (χ1n) is 5.65. The van der Waals surface area contributed by atoms with Crippen LogP contribution in [0.15, 0.2) is 47.6 Å². The molecule has 0 atom stereocenters. The first-order chi connectivity index (χ1) is 8.89. The molecular weight excluding hydrogens is 262 g/mol. The van der Waals surface area contributed by atoms with Crippen molar-refractivity contribution >= 4 is 15.6 Å². The highest BCUT2D eigenvalue weighted by Gasteiger charge is 2.13. The number of sulfone groups is 1. The van der Waals surface area contributed by atoms with Crippen molar-refractivity contribution in [3.63, 3.8) is 0 Å². The van der Waals surface area contributed by atoms with E-state index in [1.165, 1.54) is 30.5 Å². The molecule has 0 unspecified atom stereocenters. The van der Waals surface area contributed by atoms with Gasteiger partial charge in [-0.2, -0.15) is 0 Å². The molecule has 1 aromatic heterocycles. The molecule has 0 amide bonds. The summed E-state index contributed by atoms with van der Waals surface area (Å²) in [7, 11) is -3.24. The molecule has 0 radical (unpaired) electrons. The van der Waals surface area contributed by atoms with E-state index in [0.29, 0.717) is 11.1 Å². The van der Waals surface area contributed by atoms with E-state index in [1.54, 1.807) is 12.3 Å². The van der Waals surface area contributed by atoms with Gasteiger partial charge >= 0.3 is 0 Å². The highest BCUT2D eigenvalue weighted by molar-refractivity contribution is 7.90. The Labute approximate surface area is 112 Å². The van der Waals surface area contributed by atoms with Gasteiger partial charge in [0.25, 0.3) is 0 Å². The van der Waals surface area contributed by atoms with Crippen LogP contribution in [0.5, 0.6) is 0 Å². The van der Waals surface area contributed by atoms with Gasteiger partial charge in [0.15, 0.2) is 15.6 Å². The van der Waals surface area contributed by atoms with Crippen molar-refractivity contribution in [2.24, 2.45) is 0 Å². The van der Waals surface area contributed by atoms with Crippen LogP contribution in [0, 0.1) is 6.92 Å². The number of hydrogen-bond donors (Lipinski definition) is 0. The summed E-state index contributed by atoms with van der Waals surface area (Å²) in [4.78, 5) is 16.4. The molecule has 98 valence electrons. The van der Waals surface area contributed by atoms with Crippen molar-refractivity contribution in [2.75, 3.05) is 6.26 Å². The van der Waals surface area contributed by atoms with Crippen LogP contribution in [0.1, 0.15) is 21.5 Å². The molecule has 0 aliphatic rings. The maximum absolute atomic E-state index is 12.2. The van der Waals surface area contributed by atoms with E-state index in [9.17, 15) is 13.2 Å². The molecule has 0 saturated carbocycles. The summed E-state index contributed by atoms with van der Waals surface area (Å²) in [5.41, 5.74) is 1.81. The van der Waals surface area contributed by atoms with Gasteiger partial charge in [-0.1, -0.05) is 0 Å². The van der Waals surface area contributed by atoms with Crippen molar-refractivity contribution < 1.29 is 13.2 Å². The lowest BCUT2D eigenvalue weighted by Gasteiger charge is -2.05. The monoisotopic (exact) mass is 275 g/mol. The summed E-state index contributed by atoms with van der Waals surface area (Å²) in [6.45, 7) is 1.83. The Balaban J connectivity index is 2.39. The lowest BCUT2D eigenvalue weighted by atomic mass is 10.0. The lowest BCUT2D eigenvalue weighted by Crippen LogP contribution is -2.05. The summed E-state index contributed by atoms with van der Waals surface area (Å²) in [6, 6.07) is 7.68. The van der Waals surface area contributed by atoms with Gasteiger partial charge < -0.3 is 0 Å². The molecule has 0 N–H and O–H groups in total. The Bertz CT molecular complexity index is 719. The average molecular weight is 275 g/mol. The van der Waals surface area contributed by atoms with Crippen LogP contribution in [0.3, 0.4) is 0 Å². The van der Waals surface area contributed by atoms with Crippen molar-refractivity contribution in [1.29, 1.82) is 0 Å². The molecule has 2 rings (SSSR count). The molecule has 1 aromatic carbocycles. The molecule has 0 fully saturated rings. The highest BCUT2D eigenvalue weighted by Crippen LogP contribution is 2.15. The van der Waals surface area contributed by atoms with Crippen LogP contribution in [-0.2, 0) is 9.84 Å². The number of hydrogen-bond acceptors (Lipinski definition) is 4. The number of aromatic nitrogens is 1. The van der Waals surface area contributed by atoms with Crippen molar-refractivity contribution in [2.45, 2.75) is 11.8 Å². The number of pyridine rings is 1. The minimum Gasteiger partial charge on any atom is -0.289 e. The van der Waals surface area contributed by atoms with Gasteiger partial charge in [-0.05, 0) is 42.8 Å². The van der Waals surface area contributed by atoms with Gasteiger partial charge in [0.05, 0.1) is 4.90 Å². The zero-order chi connectivity index (χ0) is 14.0. The minimum atomic E-state index is -3.24. The minimum absolute atomic E-state index is 0.161. The van der Waals surface area contributed by atoms with Gasteiger partial charge in [-0.25, -0.2) is 8.42 Å². The van der Waals surface area contributed by atoms with E-state index >= 15 is 0 Å². The Morgan fingerprint density at radius 3 is 2.26 bits per heavy atom. The zero-order valence-electron chi connectivity index (χ0n) is 10.6. The van der Waals surface area contributed by atoms with E-state index in [2.05, 4.69) is 4.98 Å². The predicted molar refractivity (Wildman–Crippen MR) is 72.0 cm³/mol. The van der Waals surface area contributed by atoms with Crippen LogP contribution >= 0.6 is 0 Å². The number of ketones is 1. The second kappa shape index (κ2) is 4.93. The molecular formula is C14H13NO3S. The number of aryl methyl sites for hydroxylation is 1. The van der Waals surface area contributed by atoms with E-state index < -0.39 is 9.84 Å². The summed E-state index contributed by atoms with van der Waals surface area (Å²) < 4.78 is 22.7. The van der Waals surface area contributed by atoms with Gasteiger partial charge in [0, 0.05) is 29.8 Å². The van der Waals surface area contributed by atoms with Gasteiger partial charge in [-0.15, -0.1) is 0 Å². The largest absolute Gasteiger partial charge is 0.289 e. The molecule has 5 heteroatoms. The van der Waals surface area contributed by atoms with Crippen LogP contribution in [-0.4, -0.2) is 25.4 Å². The highest BCUT2D eigenvalue weighted by atomic mass is 32.2. The third-order valence-corrected chi connectivity index (χ3v) is 3.96. The molecule has 0 aliphatic heterocycles. The molecule has 0 aliphatic carbocycles. The second-order valence-corrected chi connectivity index (χ2v) is 6.33. The third kappa shape index (κ3) is 2.88. The molecule has 1 heterocycles. The van der Waals surface area contributed by atoms with Crippen LogP contribution in [0.25, 0.3) is 0 Å². The third-order valence-electron chi connectivity index (χ3n) is 2.83. The molecule has 0 bridgehead atoms. The number of carbonyl (C=O) groups is 1. The SMILES string of the molecule is Cc1ccncc1C(=O)c1ccc(S(C)(=O)=O)cc1. The Morgan fingerprint density at radius 1 is 1.11 bits per heavy atom. The van der Waals surface area contributed by atoms with Gasteiger partial charge in [-0.3, -0.25) is 9.78 Å². The first-order valence-corrected chi connectivity index (χ1v) is 7.54. The molecule has 0 spiro atoms. The summed E-state index contributed by atoms with van der Waals surface area (Å²) in [6.07, 6.45) is 4.27. The Kier molecular flexibility index (Phi) is 3.48. The fraction of sp³-hybridized carbons (Fsp3) is 0.143. The quantitative estimate of drug-likeness (QED) is 0.804. The number of nitrogens with zero attached hydrogens (tertiary/aromatic N) is 1. The first kappa shape index (κ1) is 13.4. The van der Waals surface area contributed by atoms with E-state index in [-0.39, 0.29) is 10.7 Å². The fourth-order valence-corrected chi connectivity index (χ4v) is 2.34. The van der Waals surface area contributed by atoms with Crippen LogP contribution < -0.4 is 0 Å². The standard InChI is InChI=1S/C14H13NO3S/c1-10-7-8-15-9-13(10)14(16)11-3-5-12(6-4-11)19(2,17)18/h3-9H,1-2H3. The fourth-order valence-electron chi connectivity index (χ4n) is 1.71. The number of benzene rings is 1. The van der Waals surface area contributed by atoms with Crippen molar-refractivity contribution in [3.8, 4) is 0 Å². The van der Waals surface area contributed by atoms with Crippen molar-refractivity contribution in [1.82, 2.24) is 4.98 Å². The maximum atomic E-state index is 12.2. The van der Waals surface area contributed by atoms with Crippen molar-refractivity contribution in [3.05, 3.63) is 59.4 Å². The smallest absolute Gasteiger partial charge is 0.194 e. The average Bonchev–Trinajstić information content (AvgIpc) is 2.38. The Hall–Kier alpha value is -2.01. The maximum Gasteiger partial charge on any atom is 0.194 e. The van der Waals surface area contributed by atoms with E-state index in [0.717, 1.165) is 11.8 Å². The molecule has 4 nitrogen and oxygen atoms in total. The summed E-state index contributed by atoms with van der Waals surface area (Å²) in [5, 5.41) is 0. The van der Waals surface area contributed by atoms with Gasteiger partial charge in [0.2, 0.25) is 0 Å². The topological polar surface area (TPSA) is 64.1 Å². The van der Waals surface area contributed by atoms with Crippen LogP contribution in [0.4, 0.5) is 0 Å². The lowest BCUT2D eigenvalue weighted by molar-refractivity contribution is 0.103. The Morgan fingerprint density at radius 2 is 1.74 bits per heavy atom. The second-order valence-electron chi connectivity index (χ2n) is 4.32. The van der Waals surface area contributed by atoms with E-state index in [1.807, 2.05) is 6.92 Å².